The number of aliphatic hydroxyl groups excluding tert-OH is 1. The number of aryl methyl sites for hydroxylation is 2. The number of rotatable bonds is 6. The van der Waals surface area contributed by atoms with Crippen molar-refractivity contribution in [2.45, 2.75) is 40.2 Å². The Labute approximate surface area is 137 Å². The van der Waals surface area contributed by atoms with E-state index in [1.165, 1.54) is 10.9 Å². The van der Waals surface area contributed by atoms with Crippen molar-refractivity contribution >= 4 is 10.9 Å². The number of aromatic amines is 1. The predicted octanol–water partition coefficient (Wildman–Crippen LogP) is 4.14. The number of hydrogen-bond acceptors (Lipinski definition) is 2. The van der Waals surface area contributed by atoms with Crippen molar-refractivity contribution in [2.75, 3.05) is 6.61 Å². The van der Waals surface area contributed by atoms with Crippen LogP contribution in [0.2, 0.25) is 0 Å². The zero-order chi connectivity index (χ0) is 16.4. The van der Waals surface area contributed by atoms with E-state index in [0.717, 1.165) is 36.3 Å². The molecule has 0 radical (unpaired) electrons. The fourth-order valence-electron chi connectivity index (χ4n) is 3.05. The van der Waals surface area contributed by atoms with Crippen LogP contribution in [0.15, 0.2) is 36.8 Å². The molecule has 0 spiro atoms. The molecule has 0 amide bonds. The summed E-state index contributed by atoms with van der Waals surface area (Å²) in [5, 5.41) is 10.6. The Bertz CT molecular complexity index is 798. The lowest BCUT2D eigenvalue weighted by Crippen LogP contribution is -2.17. The second-order valence-electron chi connectivity index (χ2n) is 7.07. The van der Waals surface area contributed by atoms with Crippen molar-refractivity contribution in [3.05, 3.63) is 42.4 Å². The van der Waals surface area contributed by atoms with Crippen LogP contribution in [-0.2, 0) is 6.54 Å². The highest BCUT2D eigenvalue weighted by Crippen LogP contribution is 2.30. The molecule has 0 bridgehead atoms. The van der Waals surface area contributed by atoms with Gasteiger partial charge in [-0.1, -0.05) is 32.0 Å². The van der Waals surface area contributed by atoms with Crippen LogP contribution in [-0.4, -0.2) is 26.2 Å². The summed E-state index contributed by atoms with van der Waals surface area (Å²) in [4.78, 5) is 7.86. The van der Waals surface area contributed by atoms with E-state index >= 15 is 0 Å². The fourth-order valence-corrected chi connectivity index (χ4v) is 3.05. The first-order valence-corrected chi connectivity index (χ1v) is 8.20. The van der Waals surface area contributed by atoms with E-state index in [-0.39, 0.29) is 12.0 Å². The lowest BCUT2D eigenvalue weighted by molar-refractivity contribution is 0.146. The minimum atomic E-state index is -0.0161. The molecular formula is C19H25N3O. The average Bonchev–Trinajstić information content (AvgIpc) is 3.12. The summed E-state index contributed by atoms with van der Waals surface area (Å²) in [6, 6.07) is 8.38. The molecule has 1 aromatic carbocycles. The Balaban J connectivity index is 1.84. The van der Waals surface area contributed by atoms with Crippen molar-refractivity contribution in [1.29, 1.82) is 0 Å². The van der Waals surface area contributed by atoms with E-state index in [1.54, 1.807) is 0 Å². The summed E-state index contributed by atoms with van der Waals surface area (Å²) < 4.78 is 2.20. The Morgan fingerprint density at radius 2 is 2.04 bits per heavy atom. The van der Waals surface area contributed by atoms with Gasteiger partial charge in [-0.05, 0) is 36.8 Å². The first-order chi connectivity index (χ1) is 11.0. The smallest absolute Gasteiger partial charge is 0.0951 e. The first-order valence-electron chi connectivity index (χ1n) is 8.20. The second kappa shape index (κ2) is 6.20. The van der Waals surface area contributed by atoms with Gasteiger partial charge >= 0.3 is 0 Å². The summed E-state index contributed by atoms with van der Waals surface area (Å²) in [7, 11) is 0. The van der Waals surface area contributed by atoms with Gasteiger partial charge in [0.2, 0.25) is 0 Å². The zero-order valence-corrected chi connectivity index (χ0v) is 14.1. The summed E-state index contributed by atoms with van der Waals surface area (Å²) in [5.41, 5.74) is 4.68. The van der Waals surface area contributed by atoms with E-state index in [0.29, 0.717) is 0 Å². The number of nitrogens with one attached hydrogen (secondary N) is 1. The van der Waals surface area contributed by atoms with Crippen molar-refractivity contribution in [3.8, 4) is 11.4 Å². The van der Waals surface area contributed by atoms with Gasteiger partial charge in [0.25, 0.3) is 0 Å². The third kappa shape index (κ3) is 3.17. The maximum Gasteiger partial charge on any atom is 0.0951 e. The molecule has 23 heavy (non-hydrogen) atoms. The lowest BCUT2D eigenvalue weighted by Gasteiger charge is -2.21. The van der Waals surface area contributed by atoms with Gasteiger partial charge in [-0.15, -0.1) is 0 Å². The maximum atomic E-state index is 9.38. The molecule has 0 saturated heterocycles. The fraction of sp³-hybridized carbons (Fsp3) is 0.421. The van der Waals surface area contributed by atoms with E-state index in [9.17, 15) is 5.11 Å². The minimum Gasteiger partial charge on any atom is -0.396 e. The van der Waals surface area contributed by atoms with Crippen LogP contribution < -0.4 is 0 Å². The standard InChI is InChI=1S/C19H25N3O/c1-14-15-7-4-5-8-16(15)21-18(14)17-11-20-13-22(17)10-6-9-19(2,3)12-23/h4-5,7-8,11,13,21,23H,6,9-10,12H2,1-3H3. The van der Waals surface area contributed by atoms with Gasteiger partial charge in [0.15, 0.2) is 0 Å². The van der Waals surface area contributed by atoms with E-state index < -0.39 is 0 Å². The highest BCUT2D eigenvalue weighted by atomic mass is 16.3. The number of aromatic nitrogens is 3. The van der Waals surface area contributed by atoms with Gasteiger partial charge in [0.05, 0.1) is 23.9 Å². The molecule has 2 heterocycles. The summed E-state index contributed by atoms with van der Waals surface area (Å²) >= 11 is 0. The van der Waals surface area contributed by atoms with Crippen molar-refractivity contribution in [2.24, 2.45) is 5.41 Å². The molecule has 3 rings (SSSR count). The van der Waals surface area contributed by atoms with Crippen LogP contribution in [0.1, 0.15) is 32.3 Å². The van der Waals surface area contributed by atoms with Gasteiger partial charge in [0.1, 0.15) is 0 Å². The third-order valence-corrected chi connectivity index (χ3v) is 4.61. The molecule has 122 valence electrons. The molecule has 0 aliphatic rings. The molecule has 0 unspecified atom stereocenters. The Morgan fingerprint density at radius 1 is 1.26 bits per heavy atom. The SMILES string of the molecule is Cc1c(-c2cncn2CCCC(C)(C)CO)[nH]c2ccccc12. The molecule has 4 heteroatoms. The molecule has 3 aromatic rings. The molecule has 0 aliphatic heterocycles. The highest BCUT2D eigenvalue weighted by molar-refractivity contribution is 5.89. The number of fused-ring (bicyclic) bond motifs is 1. The molecule has 0 fully saturated rings. The van der Waals surface area contributed by atoms with Crippen molar-refractivity contribution in [3.63, 3.8) is 0 Å². The zero-order valence-electron chi connectivity index (χ0n) is 14.1. The lowest BCUT2D eigenvalue weighted by atomic mass is 9.89. The number of aliphatic hydroxyl groups is 1. The van der Waals surface area contributed by atoms with Gasteiger partial charge in [0, 0.05) is 24.1 Å². The molecule has 0 aliphatic carbocycles. The number of nitrogens with zero attached hydrogens (tertiary/aromatic N) is 2. The van der Waals surface area contributed by atoms with Crippen molar-refractivity contribution < 1.29 is 5.11 Å². The Morgan fingerprint density at radius 3 is 2.78 bits per heavy atom. The van der Waals surface area contributed by atoms with Crippen LogP contribution in [0.3, 0.4) is 0 Å². The van der Waals surface area contributed by atoms with E-state index in [4.69, 9.17) is 0 Å². The van der Waals surface area contributed by atoms with E-state index in [1.807, 2.05) is 12.5 Å². The van der Waals surface area contributed by atoms with Crippen LogP contribution >= 0.6 is 0 Å². The Kier molecular flexibility index (Phi) is 4.26. The number of H-pyrrole nitrogens is 1. The van der Waals surface area contributed by atoms with Gasteiger partial charge < -0.3 is 14.7 Å². The summed E-state index contributed by atoms with van der Waals surface area (Å²) in [6.45, 7) is 7.49. The van der Waals surface area contributed by atoms with Crippen molar-refractivity contribution in [1.82, 2.24) is 14.5 Å². The van der Waals surface area contributed by atoms with Crippen LogP contribution in [0, 0.1) is 12.3 Å². The van der Waals surface area contributed by atoms with Crippen LogP contribution in [0.4, 0.5) is 0 Å². The first kappa shape index (κ1) is 15.8. The molecule has 0 saturated carbocycles. The van der Waals surface area contributed by atoms with Gasteiger partial charge in [-0.2, -0.15) is 0 Å². The quantitative estimate of drug-likeness (QED) is 0.719. The maximum absolute atomic E-state index is 9.38. The van der Waals surface area contributed by atoms with Crippen LogP contribution in [0.5, 0.6) is 0 Å². The molecule has 0 atom stereocenters. The second-order valence-corrected chi connectivity index (χ2v) is 7.07. The molecule has 4 nitrogen and oxygen atoms in total. The highest BCUT2D eigenvalue weighted by Gasteiger charge is 2.17. The average molecular weight is 311 g/mol. The van der Waals surface area contributed by atoms with Crippen LogP contribution in [0.25, 0.3) is 22.3 Å². The number of hydrogen-bond donors (Lipinski definition) is 2. The number of para-hydroxylation sites is 1. The monoisotopic (exact) mass is 311 g/mol. The van der Waals surface area contributed by atoms with Gasteiger partial charge in [-0.3, -0.25) is 0 Å². The molecular weight excluding hydrogens is 286 g/mol. The number of benzene rings is 1. The third-order valence-electron chi connectivity index (χ3n) is 4.61. The summed E-state index contributed by atoms with van der Waals surface area (Å²) in [5.74, 6) is 0. The van der Waals surface area contributed by atoms with E-state index in [2.05, 4.69) is 59.6 Å². The Hall–Kier alpha value is -2.07. The number of imidazole rings is 1. The van der Waals surface area contributed by atoms with Gasteiger partial charge in [-0.25, -0.2) is 4.98 Å². The normalized spacial score (nSPS) is 12.2. The molecule has 2 N–H and O–H groups in total. The molecule has 2 aromatic heterocycles. The predicted molar refractivity (Wildman–Crippen MR) is 94.4 cm³/mol. The minimum absolute atomic E-state index is 0.0161. The topological polar surface area (TPSA) is 53.8 Å². The summed E-state index contributed by atoms with van der Waals surface area (Å²) in [6.07, 6.45) is 5.84. The largest absolute Gasteiger partial charge is 0.396 e.